The van der Waals surface area contributed by atoms with Gasteiger partial charge in [0.1, 0.15) is 6.54 Å². The van der Waals surface area contributed by atoms with Crippen LogP contribution in [0, 0.1) is 20.8 Å². The fourth-order valence-corrected chi connectivity index (χ4v) is 3.75. The summed E-state index contributed by atoms with van der Waals surface area (Å²) >= 11 is 0. The molecule has 1 aromatic carbocycles. The molecule has 3 aromatic rings. The number of hydrogen-bond acceptors (Lipinski definition) is 5. The average molecular weight is 395 g/mol. The van der Waals surface area contributed by atoms with Crippen molar-refractivity contribution >= 4 is 16.8 Å². The Morgan fingerprint density at radius 3 is 2.66 bits per heavy atom. The molecule has 8 nitrogen and oxygen atoms in total. The Bertz CT molecular complexity index is 1110. The van der Waals surface area contributed by atoms with E-state index in [9.17, 15) is 9.59 Å². The molecule has 1 N–H and O–H groups in total. The van der Waals surface area contributed by atoms with E-state index in [1.165, 1.54) is 4.68 Å². The summed E-state index contributed by atoms with van der Waals surface area (Å²) in [5.41, 5.74) is 3.50. The van der Waals surface area contributed by atoms with Crippen LogP contribution in [0.1, 0.15) is 29.8 Å². The third-order valence-electron chi connectivity index (χ3n) is 5.31. The van der Waals surface area contributed by atoms with Crippen LogP contribution in [0.15, 0.2) is 29.1 Å². The summed E-state index contributed by atoms with van der Waals surface area (Å²) in [5.74, 6) is -0.261. The summed E-state index contributed by atoms with van der Waals surface area (Å²) in [6, 6.07) is 7.94. The van der Waals surface area contributed by atoms with Crippen molar-refractivity contribution < 1.29 is 9.53 Å². The van der Waals surface area contributed by atoms with Gasteiger partial charge in [0.15, 0.2) is 5.52 Å². The summed E-state index contributed by atoms with van der Waals surface area (Å²) < 4.78 is 8.45. The number of benzene rings is 1. The van der Waals surface area contributed by atoms with Gasteiger partial charge < -0.3 is 10.1 Å². The molecular weight excluding hydrogens is 370 g/mol. The van der Waals surface area contributed by atoms with E-state index < -0.39 is 0 Å². The molecule has 1 fully saturated rings. The summed E-state index contributed by atoms with van der Waals surface area (Å²) in [4.78, 5) is 25.2. The molecule has 0 unspecified atom stereocenters. The number of carbonyl (C=O) groups is 1. The number of nitrogens with one attached hydrogen (secondary N) is 1. The van der Waals surface area contributed by atoms with Crippen molar-refractivity contribution in [2.75, 3.05) is 13.2 Å². The van der Waals surface area contributed by atoms with Crippen molar-refractivity contribution in [1.29, 1.82) is 0 Å². The van der Waals surface area contributed by atoms with Gasteiger partial charge in [0.2, 0.25) is 5.91 Å². The Hall–Kier alpha value is -3.00. The highest BCUT2D eigenvalue weighted by molar-refractivity contribution is 5.83. The molecule has 1 atom stereocenters. The number of aryl methyl sites for hydroxylation is 3. The van der Waals surface area contributed by atoms with Gasteiger partial charge in [0.25, 0.3) is 5.56 Å². The van der Waals surface area contributed by atoms with Crippen LogP contribution in [0.5, 0.6) is 0 Å². The first-order chi connectivity index (χ1) is 13.9. The highest BCUT2D eigenvalue weighted by Gasteiger charge is 2.20. The van der Waals surface area contributed by atoms with Crippen LogP contribution in [-0.2, 0) is 16.1 Å². The zero-order chi connectivity index (χ0) is 20.5. The van der Waals surface area contributed by atoms with Crippen LogP contribution < -0.4 is 10.9 Å². The molecule has 4 rings (SSSR count). The quantitative estimate of drug-likeness (QED) is 0.711. The lowest BCUT2D eigenvalue weighted by Gasteiger charge is -2.11. The Kier molecular flexibility index (Phi) is 5.19. The molecule has 0 saturated carbocycles. The summed E-state index contributed by atoms with van der Waals surface area (Å²) in [6.45, 7) is 6.82. The third kappa shape index (κ3) is 3.80. The van der Waals surface area contributed by atoms with Gasteiger partial charge in [-0.3, -0.25) is 9.59 Å². The van der Waals surface area contributed by atoms with Crippen molar-refractivity contribution in [1.82, 2.24) is 24.9 Å². The molecule has 2 aromatic heterocycles. The highest BCUT2D eigenvalue weighted by Crippen LogP contribution is 2.21. The molecule has 1 amide bonds. The minimum Gasteiger partial charge on any atom is -0.376 e. The Balaban J connectivity index is 1.63. The number of fused-ring (bicyclic) bond motifs is 1. The molecular formula is C21H25N5O3. The molecule has 0 radical (unpaired) electrons. The number of rotatable bonds is 5. The number of carbonyl (C=O) groups excluding carboxylic acids is 1. The van der Waals surface area contributed by atoms with E-state index in [-0.39, 0.29) is 24.1 Å². The number of nitrogens with zero attached hydrogens (tertiary/aromatic N) is 4. The Morgan fingerprint density at radius 2 is 1.97 bits per heavy atom. The van der Waals surface area contributed by atoms with Crippen molar-refractivity contribution in [3.8, 4) is 5.69 Å². The molecule has 0 bridgehead atoms. The average Bonchev–Trinajstić information content (AvgIpc) is 3.33. The van der Waals surface area contributed by atoms with Crippen LogP contribution in [0.25, 0.3) is 16.6 Å². The standard InChI is InChI=1S/C21H25N5O3/c1-13-6-8-16(9-7-13)26-15(3)19-14(2)23-25(21(28)20(19)24-26)12-18(27)22-11-17-5-4-10-29-17/h6-9,17H,4-5,10-12H2,1-3H3,(H,22,27)/t17-/m1/s1. The molecule has 29 heavy (non-hydrogen) atoms. The van der Waals surface area contributed by atoms with E-state index in [4.69, 9.17) is 4.74 Å². The fourth-order valence-electron chi connectivity index (χ4n) is 3.75. The number of amides is 1. The third-order valence-corrected chi connectivity index (χ3v) is 5.31. The predicted octanol–water partition coefficient (Wildman–Crippen LogP) is 1.80. The van der Waals surface area contributed by atoms with E-state index in [1.54, 1.807) is 4.68 Å². The summed E-state index contributed by atoms with van der Waals surface area (Å²) in [5, 5.41) is 12.5. The zero-order valence-electron chi connectivity index (χ0n) is 16.9. The molecule has 1 saturated heterocycles. The minimum absolute atomic E-state index is 0.0562. The predicted molar refractivity (Wildman–Crippen MR) is 109 cm³/mol. The van der Waals surface area contributed by atoms with E-state index in [1.807, 2.05) is 45.0 Å². The van der Waals surface area contributed by atoms with Gasteiger partial charge in [0, 0.05) is 13.2 Å². The SMILES string of the molecule is Cc1ccc(-n2nc3c(=O)n(CC(=O)NC[C@H]4CCCO4)nc(C)c3c2C)cc1. The van der Waals surface area contributed by atoms with Gasteiger partial charge in [-0.1, -0.05) is 17.7 Å². The molecule has 1 aliphatic heterocycles. The van der Waals surface area contributed by atoms with Crippen molar-refractivity contribution in [2.24, 2.45) is 0 Å². The maximum Gasteiger partial charge on any atom is 0.295 e. The first kappa shape index (κ1) is 19.3. The van der Waals surface area contributed by atoms with Gasteiger partial charge >= 0.3 is 0 Å². The van der Waals surface area contributed by atoms with Crippen LogP contribution in [0.3, 0.4) is 0 Å². The number of aromatic nitrogens is 4. The van der Waals surface area contributed by atoms with E-state index in [0.29, 0.717) is 17.8 Å². The van der Waals surface area contributed by atoms with Gasteiger partial charge in [-0.05, 0) is 45.7 Å². The lowest BCUT2D eigenvalue weighted by Crippen LogP contribution is -2.37. The van der Waals surface area contributed by atoms with E-state index in [2.05, 4.69) is 15.5 Å². The second-order valence-corrected chi connectivity index (χ2v) is 7.54. The maximum atomic E-state index is 12.9. The van der Waals surface area contributed by atoms with Gasteiger partial charge in [0.05, 0.1) is 28.6 Å². The largest absolute Gasteiger partial charge is 0.376 e. The van der Waals surface area contributed by atoms with E-state index >= 15 is 0 Å². The monoisotopic (exact) mass is 395 g/mol. The van der Waals surface area contributed by atoms with Crippen LogP contribution in [0.4, 0.5) is 0 Å². The Labute approximate surface area is 168 Å². The van der Waals surface area contributed by atoms with Gasteiger partial charge in [-0.25, -0.2) is 9.36 Å². The number of ether oxygens (including phenoxy) is 1. The molecule has 0 aliphatic carbocycles. The lowest BCUT2D eigenvalue weighted by atomic mass is 10.2. The zero-order valence-corrected chi connectivity index (χ0v) is 16.9. The molecule has 1 aliphatic rings. The minimum atomic E-state index is -0.369. The molecule has 8 heteroatoms. The summed E-state index contributed by atoms with van der Waals surface area (Å²) in [7, 11) is 0. The number of hydrogen-bond donors (Lipinski definition) is 1. The topological polar surface area (TPSA) is 91.0 Å². The highest BCUT2D eigenvalue weighted by atomic mass is 16.5. The van der Waals surface area contributed by atoms with Crippen molar-refractivity contribution in [3.05, 3.63) is 51.6 Å². The second kappa shape index (κ2) is 7.79. The molecule has 3 heterocycles. The smallest absolute Gasteiger partial charge is 0.295 e. The van der Waals surface area contributed by atoms with Gasteiger partial charge in [-0.15, -0.1) is 0 Å². The lowest BCUT2D eigenvalue weighted by molar-refractivity contribution is -0.122. The van der Waals surface area contributed by atoms with Crippen molar-refractivity contribution in [2.45, 2.75) is 46.3 Å². The maximum absolute atomic E-state index is 12.9. The molecule has 0 spiro atoms. The van der Waals surface area contributed by atoms with Crippen molar-refractivity contribution in [3.63, 3.8) is 0 Å². The van der Waals surface area contributed by atoms with Gasteiger partial charge in [-0.2, -0.15) is 10.2 Å². The second-order valence-electron chi connectivity index (χ2n) is 7.54. The van der Waals surface area contributed by atoms with Crippen LogP contribution in [-0.4, -0.2) is 44.7 Å². The molecule has 152 valence electrons. The Morgan fingerprint density at radius 1 is 1.21 bits per heavy atom. The van der Waals surface area contributed by atoms with Crippen LogP contribution in [0.2, 0.25) is 0 Å². The first-order valence-corrected chi connectivity index (χ1v) is 9.86. The van der Waals surface area contributed by atoms with E-state index in [0.717, 1.165) is 41.8 Å². The van der Waals surface area contributed by atoms with Crippen LogP contribution >= 0.6 is 0 Å². The normalized spacial score (nSPS) is 16.4. The fraction of sp³-hybridized carbons (Fsp3) is 0.429. The first-order valence-electron chi connectivity index (χ1n) is 9.86. The summed E-state index contributed by atoms with van der Waals surface area (Å²) in [6.07, 6.45) is 2.01.